The molecule has 5 heteroatoms. The van der Waals surface area contributed by atoms with Gasteiger partial charge >= 0.3 is 5.97 Å². The lowest BCUT2D eigenvalue weighted by atomic mass is 10.1. The predicted octanol–water partition coefficient (Wildman–Crippen LogP) is 3.21. The summed E-state index contributed by atoms with van der Waals surface area (Å²) in [5, 5.41) is 8.67. The molecule has 0 bridgehead atoms. The number of aliphatic carboxylic acids is 1. The highest BCUT2D eigenvalue weighted by molar-refractivity contribution is 8.00. The van der Waals surface area contributed by atoms with Crippen LogP contribution in [0.5, 0.6) is 0 Å². The largest absolute Gasteiger partial charge is 0.478 e. The van der Waals surface area contributed by atoms with E-state index >= 15 is 0 Å². The summed E-state index contributed by atoms with van der Waals surface area (Å²) < 4.78 is 0.326. The van der Waals surface area contributed by atoms with Gasteiger partial charge < -0.3 is 10.0 Å². The number of nitrogens with zero attached hydrogens (tertiary/aromatic N) is 2. The summed E-state index contributed by atoms with van der Waals surface area (Å²) >= 11 is 2.01. The normalized spacial score (nSPS) is 18.7. The van der Waals surface area contributed by atoms with Gasteiger partial charge in [0.2, 0.25) is 0 Å². The molecule has 0 atom stereocenters. The van der Waals surface area contributed by atoms with Crippen LogP contribution in [0.2, 0.25) is 0 Å². The molecule has 0 spiro atoms. The van der Waals surface area contributed by atoms with Crippen LogP contribution in [0.4, 0.5) is 5.82 Å². The number of carbonyl (C=O) groups is 1. The summed E-state index contributed by atoms with van der Waals surface area (Å²) in [4.78, 5) is 17.4. The number of pyridine rings is 1. The standard InChI is InChI=1S/C16H22N2O2S/c1-12-10-13(4-5-14(19)20)11-17-15(12)18-7-6-16(2,3)21-9-8-18/h4-5,10-11H,6-9H2,1-3H3,(H,19,20)/b5-4+. The van der Waals surface area contributed by atoms with E-state index in [1.165, 1.54) is 0 Å². The van der Waals surface area contributed by atoms with Crippen molar-refractivity contribution in [2.24, 2.45) is 0 Å². The van der Waals surface area contributed by atoms with Crippen LogP contribution in [0.25, 0.3) is 6.08 Å². The molecule has 21 heavy (non-hydrogen) atoms. The van der Waals surface area contributed by atoms with E-state index < -0.39 is 5.97 Å². The predicted molar refractivity (Wildman–Crippen MR) is 89.0 cm³/mol. The van der Waals surface area contributed by atoms with E-state index in [1.54, 1.807) is 12.3 Å². The first kappa shape index (κ1) is 15.9. The molecule has 0 radical (unpaired) electrons. The molecule has 0 unspecified atom stereocenters. The van der Waals surface area contributed by atoms with Crippen LogP contribution >= 0.6 is 11.8 Å². The quantitative estimate of drug-likeness (QED) is 0.869. The average Bonchev–Trinajstić information content (AvgIpc) is 2.58. The van der Waals surface area contributed by atoms with Crippen molar-refractivity contribution in [2.45, 2.75) is 31.9 Å². The summed E-state index contributed by atoms with van der Waals surface area (Å²) in [5.41, 5.74) is 1.91. The molecular formula is C16H22N2O2S. The number of carboxylic acid groups (broad SMARTS) is 1. The number of carboxylic acids is 1. The second-order valence-corrected chi connectivity index (χ2v) is 7.73. The molecule has 1 aromatic rings. The first-order chi connectivity index (χ1) is 9.87. The maximum Gasteiger partial charge on any atom is 0.328 e. The second kappa shape index (κ2) is 6.52. The number of anilines is 1. The molecular weight excluding hydrogens is 284 g/mol. The van der Waals surface area contributed by atoms with Gasteiger partial charge in [0.25, 0.3) is 0 Å². The zero-order valence-corrected chi connectivity index (χ0v) is 13.6. The molecule has 2 heterocycles. The van der Waals surface area contributed by atoms with Crippen molar-refractivity contribution in [1.82, 2.24) is 4.98 Å². The third kappa shape index (κ3) is 4.49. The summed E-state index contributed by atoms with van der Waals surface area (Å²) in [6.45, 7) is 8.64. The third-order valence-electron chi connectivity index (χ3n) is 3.63. The van der Waals surface area contributed by atoms with Crippen LogP contribution in [0.15, 0.2) is 18.3 Å². The van der Waals surface area contributed by atoms with Crippen LogP contribution < -0.4 is 4.90 Å². The summed E-state index contributed by atoms with van der Waals surface area (Å²) in [6, 6.07) is 1.99. The van der Waals surface area contributed by atoms with Gasteiger partial charge in [-0.15, -0.1) is 0 Å². The number of hydrogen-bond donors (Lipinski definition) is 1. The van der Waals surface area contributed by atoms with Crippen molar-refractivity contribution < 1.29 is 9.90 Å². The molecule has 114 valence electrons. The lowest BCUT2D eigenvalue weighted by Gasteiger charge is -2.24. The Balaban J connectivity index is 2.15. The Bertz CT molecular complexity index is 555. The van der Waals surface area contributed by atoms with Crippen molar-refractivity contribution >= 4 is 29.6 Å². The molecule has 1 aliphatic heterocycles. The van der Waals surface area contributed by atoms with Gasteiger partial charge in [0, 0.05) is 35.9 Å². The maximum absolute atomic E-state index is 10.6. The molecule has 2 rings (SSSR count). The van der Waals surface area contributed by atoms with Crippen LogP contribution in [-0.2, 0) is 4.79 Å². The van der Waals surface area contributed by atoms with Crippen LogP contribution in [-0.4, -0.2) is 39.6 Å². The van der Waals surface area contributed by atoms with E-state index in [4.69, 9.17) is 5.11 Å². The van der Waals surface area contributed by atoms with Crippen LogP contribution in [0.1, 0.15) is 31.4 Å². The van der Waals surface area contributed by atoms with Crippen LogP contribution in [0.3, 0.4) is 0 Å². The minimum absolute atomic E-state index is 0.326. The van der Waals surface area contributed by atoms with Crippen molar-refractivity contribution in [3.05, 3.63) is 29.5 Å². The number of aromatic nitrogens is 1. The fraction of sp³-hybridized carbons (Fsp3) is 0.500. The highest BCUT2D eigenvalue weighted by Crippen LogP contribution is 2.32. The van der Waals surface area contributed by atoms with Gasteiger partial charge in [-0.1, -0.05) is 13.8 Å². The smallest absolute Gasteiger partial charge is 0.328 e. The molecule has 0 aromatic carbocycles. The monoisotopic (exact) mass is 306 g/mol. The third-order valence-corrected chi connectivity index (χ3v) is 5.00. The first-order valence-corrected chi connectivity index (χ1v) is 8.12. The van der Waals surface area contributed by atoms with Gasteiger partial charge in [0.05, 0.1) is 0 Å². The highest BCUT2D eigenvalue weighted by atomic mass is 32.2. The maximum atomic E-state index is 10.6. The van der Waals surface area contributed by atoms with E-state index in [2.05, 4.69) is 23.7 Å². The van der Waals surface area contributed by atoms with Crippen LogP contribution in [0, 0.1) is 6.92 Å². The van der Waals surface area contributed by atoms with Gasteiger partial charge in [-0.2, -0.15) is 11.8 Å². The van der Waals surface area contributed by atoms with E-state index in [0.717, 1.165) is 48.3 Å². The van der Waals surface area contributed by atoms with Crippen molar-refractivity contribution in [2.75, 3.05) is 23.7 Å². The Hall–Kier alpha value is -1.49. The number of rotatable bonds is 3. The van der Waals surface area contributed by atoms with Crippen molar-refractivity contribution in [3.63, 3.8) is 0 Å². The molecule has 1 aliphatic rings. The number of thioether (sulfide) groups is 1. The molecule has 1 fully saturated rings. The Morgan fingerprint density at radius 1 is 1.48 bits per heavy atom. The summed E-state index contributed by atoms with van der Waals surface area (Å²) in [6.07, 6.45) is 5.60. The van der Waals surface area contributed by atoms with Gasteiger partial charge in [0.1, 0.15) is 5.82 Å². The topological polar surface area (TPSA) is 53.4 Å². The lowest BCUT2D eigenvalue weighted by Crippen LogP contribution is -2.28. The lowest BCUT2D eigenvalue weighted by molar-refractivity contribution is -0.131. The summed E-state index contributed by atoms with van der Waals surface area (Å²) in [7, 11) is 0. The minimum atomic E-state index is -0.941. The Morgan fingerprint density at radius 2 is 2.24 bits per heavy atom. The van der Waals surface area contributed by atoms with E-state index in [0.29, 0.717) is 4.75 Å². The summed E-state index contributed by atoms with van der Waals surface area (Å²) in [5.74, 6) is 1.18. The molecule has 0 amide bonds. The SMILES string of the molecule is Cc1cc(/C=C/C(=O)O)cnc1N1CCSC(C)(C)CC1. The molecule has 1 aromatic heterocycles. The van der Waals surface area contributed by atoms with Gasteiger partial charge in [-0.25, -0.2) is 9.78 Å². The Labute approximate surface area is 130 Å². The molecule has 1 N–H and O–H groups in total. The molecule has 0 saturated carbocycles. The van der Waals surface area contributed by atoms with Gasteiger partial charge in [-0.05, 0) is 36.6 Å². The van der Waals surface area contributed by atoms with Crippen molar-refractivity contribution in [3.8, 4) is 0 Å². The molecule has 0 aliphatic carbocycles. The number of aryl methyl sites for hydroxylation is 1. The Morgan fingerprint density at radius 3 is 2.90 bits per heavy atom. The molecule has 4 nitrogen and oxygen atoms in total. The first-order valence-electron chi connectivity index (χ1n) is 7.14. The highest BCUT2D eigenvalue weighted by Gasteiger charge is 2.24. The van der Waals surface area contributed by atoms with E-state index in [-0.39, 0.29) is 0 Å². The zero-order chi connectivity index (χ0) is 15.5. The Kier molecular flexibility index (Phi) is 4.93. The fourth-order valence-electron chi connectivity index (χ4n) is 2.41. The van der Waals surface area contributed by atoms with E-state index in [1.807, 2.05) is 24.8 Å². The average molecular weight is 306 g/mol. The fourth-order valence-corrected chi connectivity index (χ4v) is 3.51. The van der Waals surface area contributed by atoms with Gasteiger partial charge in [-0.3, -0.25) is 0 Å². The van der Waals surface area contributed by atoms with Gasteiger partial charge in [0.15, 0.2) is 0 Å². The molecule has 1 saturated heterocycles. The second-order valence-electron chi connectivity index (χ2n) is 5.93. The van der Waals surface area contributed by atoms with Crippen molar-refractivity contribution in [1.29, 1.82) is 0 Å². The van der Waals surface area contributed by atoms with E-state index in [9.17, 15) is 4.79 Å². The number of hydrogen-bond acceptors (Lipinski definition) is 4. The minimum Gasteiger partial charge on any atom is -0.478 e. The zero-order valence-electron chi connectivity index (χ0n) is 12.8.